The van der Waals surface area contributed by atoms with Gasteiger partial charge in [-0.05, 0) is 20.3 Å². The van der Waals surface area contributed by atoms with Crippen LogP contribution in [0.15, 0.2) is 4.99 Å². The summed E-state index contributed by atoms with van der Waals surface area (Å²) in [6, 6.07) is 0.378. The van der Waals surface area contributed by atoms with E-state index in [1.165, 1.54) is 0 Å². The Kier molecular flexibility index (Phi) is 5.90. The molecule has 3 nitrogen and oxygen atoms in total. The number of hydrogen-bond acceptors (Lipinski definition) is 1. The third kappa shape index (κ3) is 5.60. The van der Waals surface area contributed by atoms with E-state index in [0.29, 0.717) is 18.5 Å². The van der Waals surface area contributed by atoms with Crippen molar-refractivity contribution in [3.63, 3.8) is 0 Å². The molecule has 0 bridgehead atoms. The molecule has 0 aliphatic carbocycles. The first-order chi connectivity index (χ1) is 5.70. The van der Waals surface area contributed by atoms with E-state index < -0.39 is 0 Å². The predicted octanol–water partition coefficient (Wildman–Crippen LogP) is 0.712. The molecule has 1 unspecified atom stereocenters. The highest BCUT2D eigenvalue weighted by Gasteiger charge is 1.96. The lowest BCUT2D eigenvalue weighted by atomic mass is 10.3. The fourth-order valence-electron chi connectivity index (χ4n) is 0.604. The van der Waals surface area contributed by atoms with E-state index in [1.807, 2.05) is 0 Å². The van der Waals surface area contributed by atoms with E-state index >= 15 is 0 Å². The van der Waals surface area contributed by atoms with Crippen LogP contribution in [0.25, 0.3) is 0 Å². The second-order valence-corrected chi connectivity index (χ2v) is 2.58. The minimum absolute atomic E-state index is 0.378. The van der Waals surface area contributed by atoms with Crippen LogP contribution < -0.4 is 11.1 Å². The maximum absolute atomic E-state index is 5.56. The molecule has 0 aliphatic rings. The zero-order valence-electron chi connectivity index (χ0n) is 8.02. The highest BCUT2D eigenvalue weighted by molar-refractivity contribution is 5.78. The van der Waals surface area contributed by atoms with Gasteiger partial charge in [0.2, 0.25) is 0 Å². The van der Waals surface area contributed by atoms with Crippen LogP contribution in [0.1, 0.15) is 27.2 Å². The number of hydrogen-bond donors (Lipinski definition) is 2. The Morgan fingerprint density at radius 1 is 1.67 bits per heavy atom. The lowest BCUT2D eigenvalue weighted by Gasteiger charge is -2.10. The molecule has 0 aromatic carbocycles. The van der Waals surface area contributed by atoms with Crippen molar-refractivity contribution in [1.82, 2.24) is 5.32 Å². The molecule has 0 saturated heterocycles. The van der Waals surface area contributed by atoms with Gasteiger partial charge in [0.1, 0.15) is 6.54 Å². The molecule has 68 valence electrons. The van der Waals surface area contributed by atoms with E-state index in [0.717, 1.165) is 6.42 Å². The Bertz CT molecular complexity index is 198. The Balaban J connectivity index is 3.74. The van der Waals surface area contributed by atoms with Gasteiger partial charge >= 0.3 is 0 Å². The Labute approximate surface area is 74.4 Å². The second-order valence-electron chi connectivity index (χ2n) is 2.58. The zero-order valence-corrected chi connectivity index (χ0v) is 8.02. The van der Waals surface area contributed by atoms with Crippen LogP contribution in [0.2, 0.25) is 0 Å². The summed E-state index contributed by atoms with van der Waals surface area (Å²) in [7, 11) is 0. The van der Waals surface area contributed by atoms with Crippen LogP contribution >= 0.6 is 0 Å². The van der Waals surface area contributed by atoms with E-state index in [-0.39, 0.29) is 0 Å². The summed E-state index contributed by atoms with van der Waals surface area (Å²) in [6.07, 6.45) is 1.04. The fraction of sp³-hybridized carbons (Fsp3) is 0.667. The van der Waals surface area contributed by atoms with Crippen molar-refractivity contribution in [1.29, 1.82) is 0 Å². The average molecular weight is 167 g/mol. The zero-order chi connectivity index (χ0) is 9.40. The van der Waals surface area contributed by atoms with Crippen LogP contribution in [0.4, 0.5) is 0 Å². The molecule has 0 spiro atoms. The molecule has 0 fully saturated rings. The number of nitrogens with one attached hydrogen (secondary N) is 1. The summed E-state index contributed by atoms with van der Waals surface area (Å²) < 4.78 is 0. The summed E-state index contributed by atoms with van der Waals surface area (Å²) in [5, 5.41) is 3.05. The van der Waals surface area contributed by atoms with Crippen LogP contribution in [-0.2, 0) is 0 Å². The molecule has 0 amide bonds. The van der Waals surface area contributed by atoms with Crippen molar-refractivity contribution in [2.45, 2.75) is 33.2 Å². The maximum Gasteiger partial charge on any atom is 0.189 e. The molecule has 12 heavy (non-hydrogen) atoms. The largest absolute Gasteiger partial charge is 0.370 e. The topological polar surface area (TPSA) is 50.4 Å². The minimum atomic E-state index is 0.378. The summed E-state index contributed by atoms with van der Waals surface area (Å²) in [5.74, 6) is 6.04. The van der Waals surface area contributed by atoms with Gasteiger partial charge in [0, 0.05) is 6.04 Å². The van der Waals surface area contributed by atoms with Gasteiger partial charge in [-0.15, -0.1) is 5.92 Å². The van der Waals surface area contributed by atoms with Crippen molar-refractivity contribution >= 4 is 5.96 Å². The Morgan fingerprint density at radius 3 is 2.83 bits per heavy atom. The van der Waals surface area contributed by atoms with Gasteiger partial charge in [0.25, 0.3) is 0 Å². The lowest BCUT2D eigenvalue weighted by molar-refractivity contribution is 0.637. The molecule has 0 heterocycles. The highest BCUT2D eigenvalue weighted by Crippen LogP contribution is 1.85. The maximum atomic E-state index is 5.56. The monoisotopic (exact) mass is 167 g/mol. The lowest BCUT2D eigenvalue weighted by Crippen LogP contribution is -2.38. The first-order valence-electron chi connectivity index (χ1n) is 4.16. The molecule has 0 rings (SSSR count). The normalized spacial score (nSPS) is 13.1. The summed E-state index contributed by atoms with van der Waals surface area (Å²) >= 11 is 0. The highest BCUT2D eigenvalue weighted by atomic mass is 15.1. The average Bonchev–Trinajstić information content (AvgIpc) is 2.05. The van der Waals surface area contributed by atoms with Gasteiger partial charge in [0.05, 0.1) is 0 Å². The first kappa shape index (κ1) is 10.8. The van der Waals surface area contributed by atoms with E-state index in [1.54, 1.807) is 6.92 Å². The van der Waals surface area contributed by atoms with Crippen molar-refractivity contribution in [3.8, 4) is 11.8 Å². The van der Waals surface area contributed by atoms with Gasteiger partial charge in [0.15, 0.2) is 5.96 Å². The molecule has 0 aromatic heterocycles. The number of nitrogens with zero attached hydrogens (tertiary/aromatic N) is 1. The van der Waals surface area contributed by atoms with E-state index in [4.69, 9.17) is 5.73 Å². The quantitative estimate of drug-likeness (QED) is 0.369. The third-order valence-electron chi connectivity index (χ3n) is 1.51. The van der Waals surface area contributed by atoms with Crippen LogP contribution in [0, 0.1) is 11.8 Å². The second kappa shape index (κ2) is 6.53. The van der Waals surface area contributed by atoms with Crippen molar-refractivity contribution in [2.75, 3.05) is 6.54 Å². The molecule has 0 radical (unpaired) electrons. The van der Waals surface area contributed by atoms with Crippen LogP contribution in [0.3, 0.4) is 0 Å². The summed E-state index contributed by atoms with van der Waals surface area (Å²) in [4.78, 5) is 4.01. The van der Waals surface area contributed by atoms with Crippen molar-refractivity contribution in [3.05, 3.63) is 0 Å². The minimum Gasteiger partial charge on any atom is -0.370 e. The molecule has 0 aliphatic heterocycles. The van der Waals surface area contributed by atoms with Gasteiger partial charge in [-0.2, -0.15) is 0 Å². The molecule has 3 heteroatoms. The number of guanidine groups is 1. The number of aliphatic imine (C=N–C) groups is 1. The van der Waals surface area contributed by atoms with Crippen molar-refractivity contribution in [2.24, 2.45) is 10.7 Å². The Hall–Kier alpha value is -1.17. The van der Waals surface area contributed by atoms with Gasteiger partial charge < -0.3 is 11.1 Å². The molecular weight excluding hydrogens is 150 g/mol. The number of nitrogens with two attached hydrogens (primary N) is 1. The third-order valence-corrected chi connectivity index (χ3v) is 1.51. The summed E-state index contributed by atoms with van der Waals surface area (Å²) in [6.45, 7) is 6.42. The van der Waals surface area contributed by atoms with Gasteiger partial charge in [-0.25, -0.2) is 4.99 Å². The van der Waals surface area contributed by atoms with E-state index in [9.17, 15) is 0 Å². The SMILES string of the molecule is CC#CCN=C(N)NC(C)CC. The number of rotatable bonds is 3. The van der Waals surface area contributed by atoms with E-state index in [2.05, 4.69) is 36.0 Å². The van der Waals surface area contributed by atoms with Gasteiger partial charge in [-0.1, -0.05) is 12.8 Å². The van der Waals surface area contributed by atoms with Crippen LogP contribution in [0.5, 0.6) is 0 Å². The molecule has 0 aromatic rings. The molecule has 0 saturated carbocycles. The standard InChI is InChI=1S/C9H17N3/c1-4-6-7-11-9(10)12-8(3)5-2/h8H,5,7H2,1-3H3,(H3,10,11,12). The molecule has 1 atom stereocenters. The Morgan fingerprint density at radius 2 is 2.33 bits per heavy atom. The fourth-order valence-corrected chi connectivity index (χ4v) is 0.604. The van der Waals surface area contributed by atoms with Gasteiger partial charge in [-0.3, -0.25) is 0 Å². The summed E-state index contributed by atoms with van der Waals surface area (Å²) in [5.41, 5.74) is 5.56. The predicted molar refractivity (Wildman–Crippen MR) is 52.8 cm³/mol. The molecular formula is C9H17N3. The smallest absolute Gasteiger partial charge is 0.189 e. The van der Waals surface area contributed by atoms with Crippen molar-refractivity contribution < 1.29 is 0 Å². The van der Waals surface area contributed by atoms with Crippen LogP contribution in [-0.4, -0.2) is 18.5 Å². The first-order valence-corrected chi connectivity index (χ1v) is 4.16. The molecule has 3 N–H and O–H groups in total.